The van der Waals surface area contributed by atoms with Crippen molar-refractivity contribution in [3.8, 4) is 0 Å². The van der Waals surface area contributed by atoms with Crippen LogP contribution < -0.4 is 5.73 Å². The molecule has 0 aromatic rings. The van der Waals surface area contributed by atoms with Crippen LogP contribution >= 0.6 is 0 Å². The molecular weight excluding hydrogens is 154 g/mol. The monoisotopic (exact) mass is 175 g/mol. The van der Waals surface area contributed by atoms with Crippen molar-refractivity contribution >= 4 is 0 Å². The molecule has 2 unspecified atom stereocenters. The van der Waals surface area contributed by atoms with E-state index in [4.69, 9.17) is 15.2 Å². The lowest BCUT2D eigenvalue weighted by atomic mass is 10.1. The van der Waals surface area contributed by atoms with Crippen LogP contribution in [0.5, 0.6) is 0 Å². The zero-order valence-corrected chi connectivity index (χ0v) is 8.54. The lowest BCUT2D eigenvalue weighted by Gasteiger charge is -2.24. The van der Waals surface area contributed by atoms with E-state index < -0.39 is 0 Å². The molecule has 3 nitrogen and oxygen atoms in total. The van der Waals surface area contributed by atoms with Crippen molar-refractivity contribution in [3.63, 3.8) is 0 Å². The molecule has 0 amide bonds. The molecule has 2 atom stereocenters. The van der Waals surface area contributed by atoms with Gasteiger partial charge in [-0.25, -0.2) is 0 Å². The number of ether oxygens (including phenoxy) is 2. The Bertz CT molecular complexity index is 107. The Kier molecular flexibility index (Phi) is 6.34. The first kappa shape index (κ1) is 11.9. The molecule has 0 aromatic heterocycles. The fraction of sp³-hybridized carbons (Fsp3) is 1.00. The average molecular weight is 175 g/mol. The molecule has 0 radical (unpaired) electrons. The molecular formula is C9H21NO2. The number of rotatable bonds is 6. The zero-order valence-electron chi connectivity index (χ0n) is 8.54. The molecule has 0 aliphatic rings. The van der Waals surface area contributed by atoms with Gasteiger partial charge in [0, 0.05) is 19.6 Å². The normalized spacial score (nSPS) is 16.5. The summed E-state index contributed by atoms with van der Waals surface area (Å²) >= 11 is 0. The first-order valence-corrected chi connectivity index (χ1v) is 4.46. The molecule has 2 N–H and O–H groups in total. The van der Waals surface area contributed by atoms with Gasteiger partial charge in [0.15, 0.2) is 0 Å². The number of methoxy groups -OCH3 is 1. The molecule has 0 saturated heterocycles. The largest absolute Gasteiger partial charge is 0.384 e. The topological polar surface area (TPSA) is 44.5 Å². The molecule has 12 heavy (non-hydrogen) atoms. The summed E-state index contributed by atoms with van der Waals surface area (Å²) in [5, 5.41) is 0. The smallest absolute Gasteiger partial charge is 0.0748 e. The van der Waals surface area contributed by atoms with Crippen LogP contribution in [0, 0.1) is 5.92 Å². The highest BCUT2D eigenvalue weighted by molar-refractivity contribution is 4.67. The van der Waals surface area contributed by atoms with Gasteiger partial charge in [-0.05, 0) is 13.8 Å². The van der Waals surface area contributed by atoms with Crippen molar-refractivity contribution in [2.75, 3.05) is 20.3 Å². The molecule has 0 bridgehead atoms. The van der Waals surface area contributed by atoms with Gasteiger partial charge in [-0.3, -0.25) is 0 Å². The van der Waals surface area contributed by atoms with E-state index in [9.17, 15) is 0 Å². The summed E-state index contributed by atoms with van der Waals surface area (Å²) in [5.41, 5.74) is 5.57. The summed E-state index contributed by atoms with van der Waals surface area (Å²) in [6.07, 6.45) is 0.350. The predicted molar refractivity (Wildman–Crippen MR) is 50.1 cm³/mol. The second-order valence-corrected chi connectivity index (χ2v) is 3.39. The van der Waals surface area contributed by atoms with E-state index in [2.05, 4.69) is 6.92 Å². The van der Waals surface area contributed by atoms with Gasteiger partial charge < -0.3 is 15.2 Å². The van der Waals surface area contributed by atoms with E-state index in [0.717, 1.165) is 0 Å². The molecule has 0 saturated carbocycles. The Morgan fingerprint density at radius 1 is 1.25 bits per heavy atom. The number of hydrogen-bond donors (Lipinski definition) is 1. The molecule has 0 aliphatic carbocycles. The van der Waals surface area contributed by atoms with Crippen molar-refractivity contribution < 1.29 is 9.47 Å². The molecule has 0 fully saturated rings. The van der Waals surface area contributed by atoms with Crippen molar-refractivity contribution in [2.24, 2.45) is 11.7 Å². The van der Waals surface area contributed by atoms with Crippen LogP contribution in [0.2, 0.25) is 0 Å². The summed E-state index contributed by atoms with van der Waals surface area (Å²) in [5.74, 6) is 0.363. The average Bonchev–Trinajstić information content (AvgIpc) is 2.00. The Morgan fingerprint density at radius 2 is 1.83 bits per heavy atom. The maximum atomic E-state index is 5.61. The van der Waals surface area contributed by atoms with Gasteiger partial charge in [-0.15, -0.1) is 0 Å². The Hall–Kier alpha value is -0.120. The number of nitrogens with two attached hydrogens (primary N) is 1. The highest BCUT2D eigenvalue weighted by atomic mass is 16.5. The van der Waals surface area contributed by atoms with E-state index in [-0.39, 0.29) is 12.2 Å². The summed E-state index contributed by atoms with van der Waals surface area (Å²) in [4.78, 5) is 0. The van der Waals surface area contributed by atoms with Gasteiger partial charge in [0.25, 0.3) is 0 Å². The lowest BCUT2D eigenvalue weighted by Crippen LogP contribution is -2.34. The summed E-state index contributed by atoms with van der Waals surface area (Å²) < 4.78 is 10.6. The third kappa shape index (κ3) is 4.70. The minimum Gasteiger partial charge on any atom is -0.384 e. The maximum Gasteiger partial charge on any atom is 0.0748 e. The Labute approximate surface area is 75.2 Å². The van der Waals surface area contributed by atoms with E-state index in [1.165, 1.54) is 0 Å². The molecule has 74 valence electrons. The van der Waals surface area contributed by atoms with Gasteiger partial charge in [-0.2, -0.15) is 0 Å². The third-order valence-corrected chi connectivity index (χ3v) is 1.74. The van der Waals surface area contributed by atoms with Crippen LogP contribution in [0.3, 0.4) is 0 Å². The fourth-order valence-electron chi connectivity index (χ4n) is 1.14. The van der Waals surface area contributed by atoms with Crippen LogP contribution in [-0.4, -0.2) is 32.5 Å². The number of hydrogen-bond acceptors (Lipinski definition) is 3. The van der Waals surface area contributed by atoms with Crippen LogP contribution in [0.1, 0.15) is 20.8 Å². The quantitative estimate of drug-likeness (QED) is 0.655. The second kappa shape index (κ2) is 6.40. The standard InChI is InChI=1S/C9H21NO2/c1-7(2)12-9(5-10)8(3)6-11-4/h7-9H,5-6,10H2,1-4H3. The van der Waals surface area contributed by atoms with Crippen LogP contribution in [0.15, 0.2) is 0 Å². The molecule has 3 heteroatoms. The molecule has 0 aromatic carbocycles. The molecule has 0 aliphatic heterocycles. The highest BCUT2D eigenvalue weighted by Gasteiger charge is 2.17. The molecule has 0 spiro atoms. The van der Waals surface area contributed by atoms with Crippen molar-refractivity contribution in [1.82, 2.24) is 0 Å². The van der Waals surface area contributed by atoms with E-state index in [1.54, 1.807) is 7.11 Å². The maximum absolute atomic E-state index is 5.61. The minimum atomic E-state index is 0.116. The van der Waals surface area contributed by atoms with Crippen LogP contribution in [0.4, 0.5) is 0 Å². The van der Waals surface area contributed by atoms with Gasteiger partial charge in [0.05, 0.1) is 18.8 Å². The molecule has 0 heterocycles. The van der Waals surface area contributed by atoms with Gasteiger partial charge in [0.1, 0.15) is 0 Å². The van der Waals surface area contributed by atoms with Crippen molar-refractivity contribution in [3.05, 3.63) is 0 Å². The van der Waals surface area contributed by atoms with E-state index in [1.807, 2.05) is 13.8 Å². The molecule has 0 rings (SSSR count). The van der Waals surface area contributed by atoms with Crippen molar-refractivity contribution in [2.45, 2.75) is 33.0 Å². The van der Waals surface area contributed by atoms with Gasteiger partial charge in [-0.1, -0.05) is 6.92 Å². The summed E-state index contributed by atoms with van der Waals surface area (Å²) in [7, 11) is 1.69. The second-order valence-electron chi connectivity index (χ2n) is 3.39. The van der Waals surface area contributed by atoms with Gasteiger partial charge >= 0.3 is 0 Å². The lowest BCUT2D eigenvalue weighted by molar-refractivity contribution is -0.0344. The van der Waals surface area contributed by atoms with E-state index in [0.29, 0.717) is 19.1 Å². The third-order valence-electron chi connectivity index (χ3n) is 1.74. The zero-order chi connectivity index (χ0) is 9.56. The SMILES string of the molecule is COCC(C)C(CN)OC(C)C. The van der Waals surface area contributed by atoms with Crippen LogP contribution in [0.25, 0.3) is 0 Å². The van der Waals surface area contributed by atoms with Crippen LogP contribution in [-0.2, 0) is 9.47 Å². The van der Waals surface area contributed by atoms with E-state index >= 15 is 0 Å². The summed E-state index contributed by atoms with van der Waals surface area (Å²) in [6, 6.07) is 0. The fourth-order valence-corrected chi connectivity index (χ4v) is 1.14. The highest BCUT2D eigenvalue weighted by Crippen LogP contribution is 2.08. The van der Waals surface area contributed by atoms with Gasteiger partial charge in [0.2, 0.25) is 0 Å². The Morgan fingerprint density at radius 3 is 2.17 bits per heavy atom. The first-order valence-electron chi connectivity index (χ1n) is 4.46. The Balaban J connectivity index is 3.78. The first-order chi connectivity index (χ1) is 5.61. The van der Waals surface area contributed by atoms with Crippen molar-refractivity contribution in [1.29, 1.82) is 0 Å². The summed E-state index contributed by atoms with van der Waals surface area (Å²) in [6.45, 7) is 7.38. The minimum absolute atomic E-state index is 0.116. The predicted octanol–water partition coefficient (Wildman–Crippen LogP) is 1.02.